The van der Waals surface area contributed by atoms with Crippen LogP contribution in [0.4, 0.5) is 0 Å². The van der Waals surface area contributed by atoms with Crippen molar-refractivity contribution in [1.29, 1.82) is 0 Å². The van der Waals surface area contributed by atoms with E-state index in [0.29, 0.717) is 0 Å². The highest BCUT2D eigenvalue weighted by atomic mass is 16.1. The van der Waals surface area contributed by atoms with Gasteiger partial charge in [0.2, 0.25) is 0 Å². The molecule has 2 aliphatic carbocycles. The third-order valence-electron chi connectivity index (χ3n) is 13.1. The lowest BCUT2D eigenvalue weighted by atomic mass is 9.61. The molecule has 10 rings (SSSR count). The molecule has 6 atom stereocenters. The molecule has 6 heterocycles. The van der Waals surface area contributed by atoms with Crippen LogP contribution in [0.3, 0.4) is 0 Å². The van der Waals surface area contributed by atoms with Gasteiger partial charge in [-0.1, -0.05) is 48.5 Å². The van der Waals surface area contributed by atoms with Crippen molar-refractivity contribution in [2.45, 2.75) is 99.2 Å². The average molecular weight is 637 g/mol. The van der Waals surface area contributed by atoms with Gasteiger partial charge in [0.1, 0.15) is 23.5 Å². The van der Waals surface area contributed by atoms with Gasteiger partial charge in [0.05, 0.1) is 34.3 Å². The molecule has 2 aromatic carbocycles. The van der Waals surface area contributed by atoms with E-state index in [1.165, 1.54) is 0 Å². The first-order valence-corrected chi connectivity index (χ1v) is 18.0. The molecule has 2 saturated heterocycles. The second kappa shape index (κ2) is 10.6. The van der Waals surface area contributed by atoms with E-state index in [9.17, 15) is 9.59 Å². The summed E-state index contributed by atoms with van der Waals surface area (Å²) in [6.45, 7) is 2.06. The van der Waals surface area contributed by atoms with Gasteiger partial charge in [-0.3, -0.25) is 9.80 Å². The molecule has 4 aliphatic heterocycles. The topological polar surface area (TPSA) is 98.0 Å². The second-order valence-corrected chi connectivity index (χ2v) is 14.9. The minimum atomic E-state index is -0.574. The quantitative estimate of drug-likeness (QED) is 0.257. The average Bonchev–Trinajstić information content (AvgIpc) is 3.96. The third kappa shape index (κ3) is 3.64. The van der Waals surface area contributed by atoms with E-state index >= 15 is 0 Å². The summed E-state index contributed by atoms with van der Waals surface area (Å²) in [6, 6.07) is 18.7. The number of aromatic nitrogens is 4. The number of carbonyl (C=O) groups excluding carboxylic acids is 2. The summed E-state index contributed by atoms with van der Waals surface area (Å²) >= 11 is 0. The predicted octanol–water partition coefficient (Wildman–Crippen LogP) is 6.29. The molecule has 2 N–H and O–H groups in total. The monoisotopic (exact) mass is 636 g/mol. The maximum absolute atomic E-state index is 12.7. The number of hydrogen-bond acceptors (Lipinski definition) is 6. The first kappa shape index (κ1) is 28.7. The molecular formula is C40H40N6O2. The summed E-state index contributed by atoms with van der Waals surface area (Å²) < 4.78 is 0. The van der Waals surface area contributed by atoms with Gasteiger partial charge in [0, 0.05) is 35.6 Å². The maximum atomic E-state index is 12.7. The molecule has 6 aliphatic rings. The molecule has 0 spiro atoms. The van der Waals surface area contributed by atoms with E-state index in [4.69, 9.17) is 9.97 Å². The first-order valence-electron chi connectivity index (χ1n) is 18.0. The van der Waals surface area contributed by atoms with Crippen molar-refractivity contribution in [2.24, 2.45) is 0 Å². The summed E-state index contributed by atoms with van der Waals surface area (Å²) in [7, 11) is 0. The Bertz CT molecular complexity index is 1870. The van der Waals surface area contributed by atoms with Gasteiger partial charge < -0.3 is 9.97 Å². The smallest absolute Gasteiger partial charge is 0.124 e. The Morgan fingerprint density at radius 2 is 1.04 bits per heavy atom. The zero-order valence-corrected chi connectivity index (χ0v) is 27.2. The fraction of sp³-hybridized carbons (Fsp3) is 0.450. The van der Waals surface area contributed by atoms with Gasteiger partial charge in [-0.25, -0.2) is 19.6 Å². The lowest BCUT2D eigenvalue weighted by molar-refractivity contribution is 0.113. The molecule has 0 radical (unpaired) electrons. The normalized spacial score (nSPS) is 32.3. The molecule has 4 bridgehead atoms. The van der Waals surface area contributed by atoms with Crippen molar-refractivity contribution < 1.29 is 9.59 Å². The van der Waals surface area contributed by atoms with E-state index < -0.39 is 10.8 Å². The zero-order valence-electron chi connectivity index (χ0n) is 27.2. The Balaban J connectivity index is 1.05. The summed E-state index contributed by atoms with van der Waals surface area (Å²) in [5.74, 6) is 6.93. The highest BCUT2D eigenvalue weighted by Crippen LogP contribution is 2.56. The number of nitrogens with zero attached hydrogens (tertiary/aromatic N) is 4. The Kier molecular flexibility index (Phi) is 6.32. The number of fused-ring (bicyclic) bond motifs is 14. The Morgan fingerprint density at radius 1 is 0.604 bits per heavy atom. The fourth-order valence-electron chi connectivity index (χ4n) is 11.2. The third-order valence-corrected chi connectivity index (χ3v) is 13.1. The lowest BCUT2D eigenvalue weighted by Crippen LogP contribution is -2.53. The van der Waals surface area contributed by atoms with Crippen LogP contribution in [-0.2, 0) is 20.4 Å². The summed E-state index contributed by atoms with van der Waals surface area (Å²) in [4.78, 5) is 47.7. The van der Waals surface area contributed by atoms with E-state index in [1.807, 2.05) is 12.4 Å². The second-order valence-electron chi connectivity index (χ2n) is 14.9. The highest BCUT2D eigenvalue weighted by Gasteiger charge is 2.57. The van der Waals surface area contributed by atoms with Gasteiger partial charge in [-0.15, -0.1) is 0 Å². The molecular weight excluding hydrogens is 596 g/mol. The molecule has 48 heavy (non-hydrogen) atoms. The SMILES string of the molecule is O=C=C1CCCC2N3CCCC3c3ncc([nH]3)C12c1ccc(-c2ccc([C@@]34C(=C=O)CCCC3N3CCCC3c3ncc4[nH]3)cc2)cc1. The van der Waals surface area contributed by atoms with Crippen molar-refractivity contribution in [2.75, 3.05) is 13.1 Å². The molecule has 5 unspecified atom stereocenters. The van der Waals surface area contributed by atoms with Crippen LogP contribution < -0.4 is 0 Å². The standard InChI is InChI=1S/C40H40N6O2/c47-23-29-5-1-9-35-39(29,33-21-41-37(43-33)31-7-3-19-45(31)35)27-15-11-25(12-16-27)26-13-17-28(18-14-26)40-30(24-48)6-2-10-36(40)46-20-4-8-32(46)38-42-22-34(40)44-38/h11-18,21-22,31-32,35-36H,1-10,19-20H2,(H,41,43)(H,42,44)/t31?,32?,35?,36?,39-,40?/m0/s1. The highest BCUT2D eigenvalue weighted by molar-refractivity contribution is 5.70. The van der Waals surface area contributed by atoms with Crippen LogP contribution >= 0.6 is 0 Å². The molecule has 8 heteroatoms. The van der Waals surface area contributed by atoms with Crippen LogP contribution in [0.1, 0.15) is 110 Å². The number of hydrogen-bond donors (Lipinski definition) is 2. The maximum Gasteiger partial charge on any atom is 0.124 e. The van der Waals surface area contributed by atoms with Crippen molar-refractivity contribution >= 4 is 11.9 Å². The minimum Gasteiger partial charge on any atom is -0.343 e. The van der Waals surface area contributed by atoms with Gasteiger partial charge in [0.15, 0.2) is 0 Å². The zero-order chi connectivity index (χ0) is 32.0. The van der Waals surface area contributed by atoms with E-state index in [1.54, 1.807) is 0 Å². The first-order chi connectivity index (χ1) is 23.7. The molecule has 8 nitrogen and oxygen atoms in total. The number of nitrogens with one attached hydrogen (secondary N) is 2. The number of imidazole rings is 2. The fourth-order valence-corrected chi connectivity index (χ4v) is 11.2. The predicted molar refractivity (Wildman–Crippen MR) is 182 cm³/mol. The summed E-state index contributed by atoms with van der Waals surface area (Å²) in [5, 5.41) is 0. The molecule has 0 amide bonds. The van der Waals surface area contributed by atoms with Crippen LogP contribution in [0.25, 0.3) is 11.1 Å². The van der Waals surface area contributed by atoms with Crippen molar-refractivity contribution in [1.82, 2.24) is 29.7 Å². The van der Waals surface area contributed by atoms with Crippen LogP contribution in [0.5, 0.6) is 0 Å². The van der Waals surface area contributed by atoms with Crippen molar-refractivity contribution in [3.05, 3.63) is 106 Å². The Labute approximate surface area is 280 Å². The Morgan fingerprint density at radius 3 is 1.46 bits per heavy atom. The van der Waals surface area contributed by atoms with Crippen molar-refractivity contribution in [3.63, 3.8) is 0 Å². The van der Waals surface area contributed by atoms with Crippen LogP contribution in [0.15, 0.2) is 72.1 Å². The van der Waals surface area contributed by atoms with Gasteiger partial charge in [-0.05, 0) is 99.6 Å². The molecule has 242 valence electrons. The number of H-pyrrole nitrogens is 2. The van der Waals surface area contributed by atoms with E-state index in [-0.39, 0.29) is 24.2 Å². The van der Waals surface area contributed by atoms with Gasteiger partial charge >= 0.3 is 0 Å². The lowest BCUT2D eigenvalue weighted by Gasteiger charge is -2.48. The van der Waals surface area contributed by atoms with Crippen molar-refractivity contribution in [3.8, 4) is 11.1 Å². The summed E-state index contributed by atoms with van der Waals surface area (Å²) in [5.41, 5.74) is 7.09. The van der Waals surface area contributed by atoms with Crippen LogP contribution in [0.2, 0.25) is 0 Å². The number of rotatable bonds is 3. The minimum absolute atomic E-state index is 0.202. The molecule has 4 aromatic rings. The van der Waals surface area contributed by atoms with Gasteiger partial charge in [0.25, 0.3) is 0 Å². The molecule has 2 saturated carbocycles. The molecule has 2 aromatic heterocycles. The van der Waals surface area contributed by atoms with Gasteiger partial charge in [-0.2, -0.15) is 0 Å². The largest absolute Gasteiger partial charge is 0.343 e. The Hall–Kier alpha value is -4.32. The number of benzene rings is 2. The number of aromatic amines is 2. The summed E-state index contributed by atoms with van der Waals surface area (Å²) in [6.07, 6.45) is 14.1. The van der Waals surface area contributed by atoms with Crippen LogP contribution in [0, 0.1) is 0 Å². The molecule has 4 fully saturated rings. The van der Waals surface area contributed by atoms with E-state index in [0.717, 1.165) is 134 Å². The van der Waals surface area contributed by atoms with E-state index in [2.05, 4.69) is 80.2 Å². The van der Waals surface area contributed by atoms with Crippen LogP contribution in [-0.4, -0.2) is 66.8 Å².